The van der Waals surface area contributed by atoms with Crippen LogP contribution in [0.25, 0.3) is 11.1 Å². The highest BCUT2D eigenvalue weighted by Crippen LogP contribution is 2.21. The van der Waals surface area contributed by atoms with E-state index in [0.29, 0.717) is 18.7 Å². The minimum atomic E-state index is -0.135. The smallest absolute Gasteiger partial charge is 0.254 e. The summed E-state index contributed by atoms with van der Waals surface area (Å²) in [6.45, 7) is 4.96. The van der Waals surface area contributed by atoms with Gasteiger partial charge in [0.25, 0.3) is 5.91 Å². The SMILES string of the molecule is CC(C)N(CC(=O)N(Cc1ccccc1)Cc1cccs1)C(=O)c1ccc(-c2ccccc2)cc1. The maximum absolute atomic E-state index is 13.5. The Morgan fingerprint density at radius 2 is 1.37 bits per heavy atom. The zero-order valence-electron chi connectivity index (χ0n) is 20.1. The predicted molar refractivity (Wildman–Crippen MR) is 143 cm³/mol. The molecule has 0 saturated carbocycles. The maximum atomic E-state index is 13.5. The summed E-state index contributed by atoms with van der Waals surface area (Å²) in [5.74, 6) is -0.200. The number of amides is 2. The van der Waals surface area contributed by atoms with Crippen molar-refractivity contribution in [2.75, 3.05) is 6.54 Å². The average molecular weight is 483 g/mol. The van der Waals surface area contributed by atoms with Gasteiger partial charge in [-0.3, -0.25) is 9.59 Å². The van der Waals surface area contributed by atoms with Crippen LogP contribution >= 0.6 is 11.3 Å². The van der Waals surface area contributed by atoms with Crippen LogP contribution in [0.5, 0.6) is 0 Å². The highest BCUT2D eigenvalue weighted by atomic mass is 32.1. The molecule has 35 heavy (non-hydrogen) atoms. The highest BCUT2D eigenvalue weighted by Gasteiger charge is 2.25. The van der Waals surface area contributed by atoms with E-state index in [4.69, 9.17) is 0 Å². The lowest BCUT2D eigenvalue weighted by atomic mass is 10.0. The number of hydrogen-bond donors (Lipinski definition) is 0. The first-order valence-electron chi connectivity index (χ1n) is 11.8. The van der Waals surface area contributed by atoms with Crippen molar-refractivity contribution < 1.29 is 9.59 Å². The minimum Gasteiger partial charge on any atom is -0.332 e. The summed E-state index contributed by atoms with van der Waals surface area (Å²) in [5.41, 5.74) is 3.81. The summed E-state index contributed by atoms with van der Waals surface area (Å²) < 4.78 is 0. The summed E-state index contributed by atoms with van der Waals surface area (Å²) in [6, 6.07) is 31.6. The van der Waals surface area contributed by atoms with E-state index in [1.807, 2.05) is 121 Å². The van der Waals surface area contributed by atoms with Gasteiger partial charge in [-0.1, -0.05) is 78.9 Å². The molecule has 0 N–H and O–H groups in total. The second-order valence-corrected chi connectivity index (χ2v) is 9.82. The van der Waals surface area contributed by atoms with Crippen LogP contribution in [0.3, 0.4) is 0 Å². The van der Waals surface area contributed by atoms with Gasteiger partial charge in [0.15, 0.2) is 0 Å². The Hall–Kier alpha value is -3.70. The van der Waals surface area contributed by atoms with Crippen LogP contribution in [0.4, 0.5) is 0 Å². The number of thiophene rings is 1. The molecule has 4 nitrogen and oxygen atoms in total. The van der Waals surface area contributed by atoms with Gasteiger partial charge in [0.05, 0.1) is 6.54 Å². The van der Waals surface area contributed by atoms with Crippen molar-refractivity contribution in [1.82, 2.24) is 9.80 Å². The lowest BCUT2D eigenvalue weighted by molar-refractivity contribution is -0.133. The Kier molecular flexibility index (Phi) is 8.11. The Morgan fingerprint density at radius 3 is 1.97 bits per heavy atom. The van der Waals surface area contributed by atoms with E-state index in [1.54, 1.807) is 16.2 Å². The third-order valence-electron chi connectivity index (χ3n) is 5.92. The van der Waals surface area contributed by atoms with Crippen molar-refractivity contribution in [1.29, 1.82) is 0 Å². The normalized spacial score (nSPS) is 10.8. The molecule has 1 heterocycles. The third kappa shape index (κ3) is 6.46. The number of carbonyl (C=O) groups is 2. The average Bonchev–Trinajstić information content (AvgIpc) is 3.41. The molecular formula is C30H30N2O2S. The van der Waals surface area contributed by atoms with Crippen LogP contribution in [-0.2, 0) is 17.9 Å². The van der Waals surface area contributed by atoms with Crippen LogP contribution in [0, 0.1) is 0 Å². The van der Waals surface area contributed by atoms with Gasteiger partial charge in [-0.15, -0.1) is 11.3 Å². The standard InChI is InChI=1S/C30H30N2O2S/c1-23(2)32(30(34)27-17-15-26(16-18-27)25-12-7-4-8-13-25)22-29(33)31(21-28-14-9-19-35-28)20-24-10-5-3-6-11-24/h3-19,23H,20-22H2,1-2H3. The molecular weight excluding hydrogens is 452 g/mol. The fourth-order valence-electron chi connectivity index (χ4n) is 3.96. The summed E-state index contributed by atoms with van der Waals surface area (Å²) in [7, 11) is 0. The van der Waals surface area contributed by atoms with Crippen molar-refractivity contribution >= 4 is 23.2 Å². The molecule has 0 bridgehead atoms. The quantitative estimate of drug-likeness (QED) is 0.273. The first-order valence-corrected chi connectivity index (χ1v) is 12.7. The molecule has 0 spiro atoms. The summed E-state index contributed by atoms with van der Waals surface area (Å²) in [4.78, 5) is 31.5. The molecule has 0 radical (unpaired) electrons. The Labute approximate surface area is 211 Å². The zero-order valence-corrected chi connectivity index (χ0v) is 20.9. The second kappa shape index (κ2) is 11.6. The van der Waals surface area contributed by atoms with Crippen molar-refractivity contribution in [2.24, 2.45) is 0 Å². The predicted octanol–water partition coefficient (Wildman–Crippen LogP) is 6.49. The fraction of sp³-hybridized carbons (Fsp3) is 0.200. The molecule has 4 rings (SSSR count). The number of nitrogens with zero attached hydrogens (tertiary/aromatic N) is 2. The number of carbonyl (C=O) groups excluding carboxylic acids is 2. The Balaban J connectivity index is 1.51. The van der Waals surface area contributed by atoms with Crippen LogP contribution in [0.2, 0.25) is 0 Å². The summed E-state index contributed by atoms with van der Waals surface area (Å²) in [6.07, 6.45) is 0. The van der Waals surface area contributed by atoms with E-state index in [9.17, 15) is 9.59 Å². The molecule has 2 amide bonds. The summed E-state index contributed by atoms with van der Waals surface area (Å²) >= 11 is 1.63. The number of benzene rings is 3. The van der Waals surface area contributed by atoms with Gasteiger partial charge in [0, 0.05) is 23.0 Å². The van der Waals surface area contributed by atoms with E-state index in [1.165, 1.54) is 0 Å². The number of hydrogen-bond acceptors (Lipinski definition) is 3. The lowest BCUT2D eigenvalue weighted by Crippen LogP contribution is -2.45. The molecule has 0 aliphatic rings. The Bertz CT molecular complexity index is 1220. The van der Waals surface area contributed by atoms with Crippen molar-refractivity contribution in [2.45, 2.75) is 33.0 Å². The molecule has 0 atom stereocenters. The van der Waals surface area contributed by atoms with Crippen LogP contribution < -0.4 is 0 Å². The first kappa shape index (κ1) is 24.4. The largest absolute Gasteiger partial charge is 0.332 e. The minimum absolute atomic E-state index is 0.0369. The molecule has 1 aromatic heterocycles. The summed E-state index contributed by atoms with van der Waals surface area (Å²) in [5, 5.41) is 2.02. The molecule has 0 aliphatic carbocycles. The molecule has 0 unspecified atom stereocenters. The molecule has 3 aromatic carbocycles. The topological polar surface area (TPSA) is 40.6 Å². The van der Waals surface area contributed by atoms with Crippen LogP contribution in [0.1, 0.15) is 34.6 Å². The van der Waals surface area contributed by atoms with Gasteiger partial charge in [-0.2, -0.15) is 0 Å². The lowest BCUT2D eigenvalue weighted by Gasteiger charge is -2.30. The fourth-order valence-corrected chi connectivity index (χ4v) is 4.68. The van der Waals surface area contributed by atoms with Gasteiger partial charge in [-0.05, 0) is 54.1 Å². The van der Waals surface area contributed by atoms with Gasteiger partial charge in [0.2, 0.25) is 5.91 Å². The molecule has 4 aromatic rings. The van der Waals surface area contributed by atoms with Crippen LogP contribution in [0.15, 0.2) is 102 Å². The first-order chi connectivity index (χ1) is 17.0. The monoisotopic (exact) mass is 482 g/mol. The third-order valence-corrected chi connectivity index (χ3v) is 6.79. The Morgan fingerprint density at radius 1 is 0.743 bits per heavy atom. The highest BCUT2D eigenvalue weighted by molar-refractivity contribution is 7.09. The zero-order chi connectivity index (χ0) is 24.6. The van der Waals surface area contributed by atoms with E-state index >= 15 is 0 Å². The van der Waals surface area contributed by atoms with Crippen molar-refractivity contribution in [3.8, 4) is 11.1 Å². The van der Waals surface area contributed by atoms with Gasteiger partial charge in [-0.25, -0.2) is 0 Å². The van der Waals surface area contributed by atoms with Gasteiger partial charge in [0.1, 0.15) is 6.54 Å². The second-order valence-electron chi connectivity index (χ2n) is 8.78. The van der Waals surface area contributed by atoms with Gasteiger partial charge >= 0.3 is 0 Å². The van der Waals surface area contributed by atoms with E-state index in [0.717, 1.165) is 21.6 Å². The molecule has 0 aliphatic heterocycles. The van der Waals surface area contributed by atoms with Crippen LogP contribution in [-0.4, -0.2) is 34.2 Å². The molecule has 5 heteroatoms. The van der Waals surface area contributed by atoms with E-state index in [-0.39, 0.29) is 24.4 Å². The van der Waals surface area contributed by atoms with E-state index < -0.39 is 0 Å². The van der Waals surface area contributed by atoms with Gasteiger partial charge < -0.3 is 9.80 Å². The maximum Gasteiger partial charge on any atom is 0.254 e. The molecule has 0 fully saturated rings. The molecule has 0 saturated heterocycles. The van der Waals surface area contributed by atoms with Crippen molar-refractivity contribution in [3.63, 3.8) is 0 Å². The van der Waals surface area contributed by atoms with E-state index in [2.05, 4.69) is 0 Å². The number of rotatable bonds is 9. The van der Waals surface area contributed by atoms with Crippen molar-refractivity contribution in [3.05, 3.63) is 118 Å². The molecule has 178 valence electrons.